The maximum Gasteiger partial charge on any atom is 0.416 e. The minimum absolute atomic E-state index is 0.0683. The van der Waals surface area contributed by atoms with Crippen molar-refractivity contribution in [3.8, 4) is 0 Å². The van der Waals surface area contributed by atoms with Crippen LogP contribution in [-0.4, -0.2) is 8.96 Å². The first-order chi connectivity index (χ1) is 12.5. The lowest BCUT2D eigenvalue weighted by Crippen LogP contribution is -2.39. The summed E-state index contributed by atoms with van der Waals surface area (Å²) in [6.07, 6.45) is -10.1. The first-order valence-electron chi connectivity index (χ1n) is 7.60. The summed E-state index contributed by atoms with van der Waals surface area (Å²) in [6.45, 7) is 4.66. The molecule has 0 spiro atoms. The molecule has 2 aromatic carbocycles. The molecule has 0 bridgehead atoms. The third-order valence-electron chi connectivity index (χ3n) is 3.52. The Morgan fingerprint density at radius 3 is 1.61 bits per heavy atom. The van der Waals surface area contributed by atoms with Crippen molar-refractivity contribution in [2.24, 2.45) is 0 Å². The highest BCUT2D eigenvalue weighted by Crippen LogP contribution is 2.38. The van der Waals surface area contributed by atoms with Crippen LogP contribution < -0.4 is 20.9 Å². The predicted molar refractivity (Wildman–Crippen MR) is 92.6 cm³/mol. The molecule has 0 aliphatic rings. The van der Waals surface area contributed by atoms with Gasteiger partial charge in [-0.05, 0) is 39.0 Å². The van der Waals surface area contributed by atoms with Crippen molar-refractivity contribution < 1.29 is 30.6 Å². The molecular weight excluding hydrogens is 414 g/mol. The van der Waals surface area contributed by atoms with Gasteiger partial charge in [-0.25, -0.2) is 4.21 Å². The summed E-state index contributed by atoms with van der Waals surface area (Å²) < 4.78 is 90.9. The highest BCUT2D eigenvalue weighted by molar-refractivity contribution is 7.87. The van der Waals surface area contributed by atoms with Gasteiger partial charge in [-0.15, -0.1) is 0 Å². The zero-order chi connectivity index (χ0) is 21.7. The normalized spacial score (nSPS) is 14.2. The summed E-state index contributed by atoms with van der Waals surface area (Å²) in [5, 5.41) is 2.10. The Hall–Kier alpha value is -2.37. The van der Waals surface area contributed by atoms with Crippen molar-refractivity contribution in [2.75, 3.05) is 10.0 Å². The molecule has 0 aliphatic carbocycles. The Balaban J connectivity index is 2.47. The number of halogens is 6. The molecule has 0 aromatic heterocycles. The number of hydrogen-bond donors (Lipinski definition) is 2. The second-order valence-electron chi connectivity index (χ2n) is 6.81. The molecule has 0 heterocycles. The maximum absolute atomic E-state index is 12.9. The molecule has 0 amide bonds. The third kappa shape index (κ3) is 4.54. The fourth-order valence-electron chi connectivity index (χ4n) is 2.03. The van der Waals surface area contributed by atoms with Gasteiger partial charge in [0.1, 0.15) is 22.4 Å². The first kappa shape index (κ1) is 21.9. The van der Waals surface area contributed by atoms with E-state index in [9.17, 15) is 40.1 Å². The van der Waals surface area contributed by atoms with E-state index in [0.717, 1.165) is 0 Å². The molecule has 2 N–H and O–H groups in total. The Morgan fingerprint density at radius 2 is 1.21 bits per heavy atom. The van der Waals surface area contributed by atoms with E-state index < -0.39 is 67.1 Å². The molecule has 2 rings (SSSR count). The quantitative estimate of drug-likeness (QED) is 0.572. The summed E-state index contributed by atoms with van der Waals surface area (Å²) in [5.41, 5.74) is -7.13. The molecule has 0 saturated carbocycles. The van der Waals surface area contributed by atoms with Gasteiger partial charge >= 0.3 is 12.4 Å². The molecule has 2 aromatic rings. The summed E-state index contributed by atoms with van der Waals surface area (Å²) >= 11 is 0. The lowest BCUT2D eigenvalue weighted by Gasteiger charge is -2.21. The number of nitrogens with one attached hydrogen (secondary N) is 2. The monoisotopic (exact) mass is 428 g/mol. The molecule has 0 fully saturated rings. The second-order valence-corrected chi connectivity index (χ2v) is 8.78. The SMILES string of the molecule is CC(C)(C)[S@@](=O)Nc1c(Nc2cc(C(F)(F)F)cc(C(F)(F)F)c2)c(=O)c1=O. The van der Waals surface area contributed by atoms with Crippen LogP contribution in [0.3, 0.4) is 0 Å². The molecule has 1 atom stereocenters. The van der Waals surface area contributed by atoms with Crippen LogP contribution in [-0.2, 0) is 23.3 Å². The van der Waals surface area contributed by atoms with Crippen molar-refractivity contribution in [1.29, 1.82) is 0 Å². The summed E-state index contributed by atoms with van der Waals surface area (Å²) in [5.74, 6) is 0. The van der Waals surface area contributed by atoms with Crippen molar-refractivity contribution in [1.82, 2.24) is 0 Å². The average Bonchev–Trinajstić information content (AvgIpc) is 2.54. The van der Waals surface area contributed by atoms with E-state index in [-0.39, 0.29) is 6.07 Å². The van der Waals surface area contributed by atoms with E-state index in [1.54, 1.807) is 20.8 Å². The van der Waals surface area contributed by atoms with E-state index >= 15 is 0 Å². The largest absolute Gasteiger partial charge is 0.416 e. The number of benzene rings is 1. The zero-order valence-corrected chi connectivity index (χ0v) is 15.4. The molecule has 0 radical (unpaired) electrons. The van der Waals surface area contributed by atoms with Crippen LogP contribution in [0.2, 0.25) is 0 Å². The maximum atomic E-state index is 12.9. The Morgan fingerprint density at radius 1 is 0.786 bits per heavy atom. The van der Waals surface area contributed by atoms with Gasteiger partial charge in [0.25, 0.3) is 10.9 Å². The van der Waals surface area contributed by atoms with Crippen LogP contribution in [0.4, 0.5) is 43.4 Å². The van der Waals surface area contributed by atoms with Gasteiger partial charge in [0, 0.05) is 5.69 Å². The second kappa shape index (κ2) is 6.90. The van der Waals surface area contributed by atoms with Crippen molar-refractivity contribution in [3.63, 3.8) is 0 Å². The molecule has 0 aliphatic heterocycles. The van der Waals surface area contributed by atoms with Gasteiger partial charge < -0.3 is 5.32 Å². The highest BCUT2D eigenvalue weighted by atomic mass is 32.2. The zero-order valence-electron chi connectivity index (χ0n) is 14.6. The molecule has 28 heavy (non-hydrogen) atoms. The molecular formula is C16H14F6N2O3S. The lowest BCUT2D eigenvalue weighted by atomic mass is 10.1. The fourth-order valence-corrected chi connectivity index (χ4v) is 2.71. The van der Waals surface area contributed by atoms with Gasteiger partial charge in [-0.2, -0.15) is 26.3 Å². The minimum Gasteiger partial charge on any atom is -0.350 e. The van der Waals surface area contributed by atoms with Crippen molar-refractivity contribution in [2.45, 2.75) is 37.9 Å². The van der Waals surface area contributed by atoms with Crippen molar-refractivity contribution in [3.05, 3.63) is 49.8 Å². The van der Waals surface area contributed by atoms with E-state index in [1.807, 2.05) is 0 Å². The summed E-state index contributed by atoms with van der Waals surface area (Å²) in [4.78, 5) is 23.4. The van der Waals surface area contributed by atoms with Gasteiger partial charge in [0.15, 0.2) is 0 Å². The fraction of sp³-hybridized carbons (Fsp3) is 0.375. The molecule has 154 valence electrons. The van der Waals surface area contributed by atoms with Crippen molar-refractivity contribution >= 4 is 28.0 Å². The van der Waals surface area contributed by atoms with Gasteiger partial charge in [-0.3, -0.25) is 14.3 Å². The number of anilines is 3. The Bertz CT molecular complexity index is 966. The van der Waals surface area contributed by atoms with E-state index in [0.29, 0.717) is 12.1 Å². The minimum atomic E-state index is -5.07. The van der Waals surface area contributed by atoms with Crippen LogP contribution in [0.15, 0.2) is 27.8 Å². The Labute approximate surface area is 157 Å². The van der Waals surface area contributed by atoms with E-state index in [2.05, 4.69) is 10.0 Å². The number of hydrogen-bond acceptors (Lipinski definition) is 4. The van der Waals surface area contributed by atoms with E-state index in [4.69, 9.17) is 0 Å². The third-order valence-corrected chi connectivity index (χ3v) is 5.02. The molecule has 5 nitrogen and oxygen atoms in total. The number of alkyl halides is 6. The lowest BCUT2D eigenvalue weighted by molar-refractivity contribution is -0.143. The first-order valence-corrected chi connectivity index (χ1v) is 8.75. The van der Waals surface area contributed by atoms with Gasteiger partial charge in [0.2, 0.25) is 0 Å². The summed E-state index contributed by atoms with van der Waals surface area (Å²) in [7, 11) is -1.85. The average molecular weight is 428 g/mol. The smallest absolute Gasteiger partial charge is 0.350 e. The molecule has 0 saturated heterocycles. The molecule has 12 heteroatoms. The topological polar surface area (TPSA) is 75.3 Å². The number of rotatable bonds is 4. The van der Waals surface area contributed by atoms with Crippen LogP contribution >= 0.6 is 0 Å². The van der Waals surface area contributed by atoms with Crippen LogP contribution in [0.1, 0.15) is 31.9 Å². The van der Waals surface area contributed by atoms with Gasteiger partial charge in [-0.1, -0.05) is 0 Å². The summed E-state index contributed by atoms with van der Waals surface area (Å²) in [6, 6.07) is 0.675. The predicted octanol–water partition coefficient (Wildman–Crippen LogP) is 3.94. The molecule has 0 unspecified atom stereocenters. The van der Waals surface area contributed by atoms with Gasteiger partial charge in [0.05, 0.1) is 15.9 Å². The van der Waals surface area contributed by atoms with E-state index in [1.165, 1.54) is 0 Å². The van der Waals surface area contributed by atoms with Crippen LogP contribution in [0.5, 0.6) is 0 Å². The Kier molecular flexibility index (Phi) is 5.41. The standard InChI is InChI=1S/C16H14F6N2O3S/c1-14(2,3)28(27)24-11-10(12(25)13(11)26)23-9-5-7(15(17,18)19)4-8(6-9)16(20,21)22/h4-6,23-24H,1-3H3/t28-/m1/s1. The van der Waals surface area contributed by atoms with Crippen LogP contribution in [0, 0.1) is 0 Å². The highest BCUT2D eigenvalue weighted by Gasteiger charge is 2.37. The van der Waals surface area contributed by atoms with Crippen LogP contribution in [0.25, 0.3) is 0 Å².